The average Bonchev–Trinajstić information content (AvgIpc) is 2.36. The summed E-state index contributed by atoms with van der Waals surface area (Å²) in [6.07, 6.45) is 4.84. The van der Waals surface area contributed by atoms with E-state index in [4.69, 9.17) is 4.74 Å². The maximum atomic E-state index is 11.3. The Balaban J connectivity index is 2.37. The van der Waals surface area contributed by atoms with Crippen LogP contribution >= 0.6 is 0 Å². The van der Waals surface area contributed by atoms with Crippen LogP contribution in [0.3, 0.4) is 0 Å². The van der Waals surface area contributed by atoms with E-state index in [2.05, 4.69) is 0 Å². The number of aryl methyl sites for hydroxylation is 1. The van der Waals surface area contributed by atoms with Gasteiger partial charge in [0.1, 0.15) is 6.54 Å². The van der Waals surface area contributed by atoms with Crippen molar-refractivity contribution >= 4 is 16.1 Å². The van der Waals surface area contributed by atoms with Crippen molar-refractivity contribution < 1.29 is 27.1 Å². The number of nitrogens with zero attached hydrogens (tertiary/aromatic N) is 1. The van der Waals surface area contributed by atoms with Gasteiger partial charge in [-0.05, 0) is 18.9 Å². The van der Waals surface area contributed by atoms with Crippen molar-refractivity contribution in [1.29, 1.82) is 0 Å². The van der Waals surface area contributed by atoms with E-state index in [9.17, 15) is 17.8 Å². The summed E-state index contributed by atoms with van der Waals surface area (Å²) in [4.78, 5) is 11.3. The summed E-state index contributed by atoms with van der Waals surface area (Å²) in [6.45, 7) is 2.77. The number of rotatable bonds is 8. The molecule has 112 valence electrons. The second kappa shape index (κ2) is 7.96. The van der Waals surface area contributed by atoms with Crippen LogP contribution in [-0.4, -0.2) is 31.3 Å². The van der Waals surface area contributed by atoms with E-state index in [1.165, 1.54) is 0 Å². The van der Waals surface area contributed by atoms with Gasteiger partial charge in [-0.3, -0.25) is 4.79 Å². The predicted molar refractivity (Wildman–Crippen MR) is 70.8 cm³/mol. The Morgan fingerprint density at radius 2 is 1.95 bits per heavy atom. The summed E-state index contributed by atoms with van der Waals surface area (Å²) in [5.74, 6) is -0.583. The first kappa shape index (κ1) is 16.6. The van der Waals surface area contributed by atoms with E-state index in [0.717, 1.165) is 5.56 Å². The van der Waals surface area contributed by atoms with Gasteiger partial charge in [0.25, 0.3) is 0 Å². The summed E-state index contributed by atoms with van der Waals surface area (Å²) in [7, 11) is -4.11. The lowest BCUT2D eigenvalue weighted by molar-refractivity contribution is -0.697. The fourth-order valence-electron chi connectivity index (χ4n) is 1.71. The van der Waals surface area contributed by atoms with Crippen molar-refractivity contribution in [1.82, 2.24) is 0 Å². The fraction of sp³-hybridized carbons (Fsp3) is 0.538. The molecule has 0 radical (unpaired) electrons. The van der Waals surface area contributed by atoms with Crippen LogP contribution in [0.4, 0.5) is 0 Å². The molecule has 0 N–H and O–H groups in total. The van der Waals surface area contributed by atoms with Crippen molar-refractivity contribution in [3.8, 4) is 0 Å². The Bertz CT molecular complexity index is 524. The Morgan fingerprint density at radius 3 is 2.50 bits per heavy atom. The van der Waals surface area contributed by atoms with Crippen molar-refractivity contribution in [3.63, 3.8) is 0 Å². The summed E-state index contributed by atoms with van der Waals surface area (Å²) in [6, 6.07) is 3.64. The topological polar surface area (TPSA) is 87.4 Å². The monoisotopic (exact) mass is 301 g/mol. The molecule has 1 rings (SSSR count). The highest BCUT2D eigenvalue weighted by Crippen LogP contribution is 1.99. The van der Waals surface area contributed by atoms with E-state index < -0.39 is 10.1 Å². The number of ether oxygens (including phenoxy) is 1. The summed E-state index contributed by atoms with van der Waals surface area (Å²) < 4.78 is 38.0. The molecule has 0 fully saturated rings. The lowest BCUT2D eigenvalue weighted by Gasteiger charge is -2.05. The largest absolute Gasteiger partial charge is 0.748 e. The molecule has 0 aliphatic heterocycles. The minimum atomic E-state index is -4.11. The van der Waals surface area contributed by atoms with Crippen molar-refractivity contribution in [3.05, 3.63) is 30.1 Å². The maximum absolute atomic E-state index is 11.3. The van der Waals surface area contributed by atoms with Gasteiger partial charge in [-0.1, -0.05) is 0 Å². The third-order valence-corrected chi connectivity index (χ3v) is 3.46. The SMILES string of the molecule is CCOC(=O)Cc1cc[n+](CCCCS(=O)(=O)[O-])cc1. The van der Waals surface area contributed by atoms with Crippen LogP contribution in [0.5, 0.6) is 0 Å². The van der Waals surface area contributed by atoms with Crippen LogP contribution in [0.2, 0.25) is 0 Å². The number of unbranched alkanes of at least 4 members (excludes halogenated alkanes) is 1. The minimum absolute atomic E-state index is 0.239. The highest BCUT2D eigenvalue weighted by atomic mass is 32.2. The van der Waals surface area contributed by atoms with Gasteiger partial charge in [0.05, 0.1) is 23.1 Å². The van der Waals surface area contributed by atoms with Crippen LogP contribution in [0.15, 0.2) is 24.5 Å². The molecule has 0 aliphatic carbocycles. The van der Waals surface area contributed by atoms with Gasteiger partial charge in [0.15, 0.2) is 12.4 Å². The van der Waals surface area contributed by atoms with Crippen molar-refractivity contribution in [2.24, 2.45) is 0 Å². The Kier molecular flexibility index (Phi) is 6.60. The first-order valence-electron chi connectivity index (χ1n) is 6.48. The lowest BCUT2D eigenvalue weighted by Crippen LogP contribution is -2.33. The number of pyridine rings is 1. The molecule has 0 spiro atoms. The molecule has 1 aromatic heterocycles. The first-order chi connectivity index (χ1) is 9.40. The van der Waals surface area contributed by atoms with Crippen LogP contribution in [0.1, 0.15) is 25.3 Å². The molecule has 1 heterocycles. The predicted octanol–water partition coefficient (Wildman–Crippen LogP) is 0.405. The normalized spacial score (nSPS) is 11.3. The summed E-state index contributed by atoms with van der Waals surface area (Å²) >= 11 is 0. The molecular weight excluding hydrogens is 282 g/mol. The van der Waals surface area contributed by atoms with Gasteiger partial charge in [-0.15, -0.1) is 0 Å². The fourth-order valence-corrected chi connectivity index (χ4v) is 2.26. The quantitative estimate of drug-likeness (QED) is 0.300. The van der Waals surface area contributed by atoms with Crippen LogP contribution < -0.4 is 4.57 Å². The van der Waals surface area contributed by atoms with E-state index in [1.807, 2.05) is 29.1 Å². The molecule has 0 amide bonds. The van der Waals surface area contributed by atoms with Gasteiger partial charge >= 0.3 is 5.97 Å². The number of hydrogen-bond donors (Lipinski definition) is 0. The molecule has 0 atom stereocenters. The highest BCUT2D eigenvalue weighted by Gasteiger charge is 2.06. The number of esters is 1. The Morgan fingerprint density at radius 1 is 1.30 bits per heavy atom. The van der Waals surface area contributed by atoms with E-state index >= 15 is 0 Å². The van der Waals surface area contributed by atoms with Crippen molar-refractivity contribution in [2.45, 2.75) is 32.7 Å². The van der Waals surface area contributed by atoms with E-state index in [0.29, 0.717) is 26.0 Å². The average molecular weight is 301 g/mol. The van der Waals surface area contributed by atoms with Gasteiger partial charge in [0.2, 0.25) is 0 Å². The maximum Gasteiger partial charge on any atom is 0.310 e. The Hall–Kier alpha value is -1.47. The van der Waals surface area contributed by atoms with Crippen molar-refractivity contribution in [2.75, 3.05) is 12.4 Å². The second-order valence-electron chi connectivity index (χ2n) is 4.39. The molecular formula is C13H19NO5S. The summed E-state index contributed by atoms with van der Waals surface area (Å²) in [5.41, 5.74) is 0.863. The number of hydrogen-bond acceptors (Lipinski definition) is 5. The minimum Gasteiger partial charge on any atom is -0.748 e. The molecule has 1 aromatic rings. The van der Waals surface area contributed by atoms with Crippen LogP contribution in [0, 0.1) is 0 Å². The molecule has 7 heteroatoms. The van der Waals surface area contributed by atoms with Gasteiger partial charge in [-0.2, -0.15) is 0 Å². The number of carbonyl (C=O) groups excluding carboxylic acids is 1. The standard InChI is InChI=1S/C13H19NO5S/c1-2-19-13(15)11-12-5-8-14(9-6-12)7-3-4-10-20(16,17)18/h5-6,8-9H,2-4,7,10-11H2,1H3. The molecule has 6 nitrogen and oxygen atoms in total. The molecule has 0 bridgehead atoms. The zero-order valence-corrected chi connectivity index (χ0v) is 12.3. The molecule has 0 aromatic carbocycles. The van der Waals surface area contributed by atoms with Gasteiger partial charge in [0, 0.05) is 24.3 Å². The van der Waals surface area contributed by atoms with Crippen LogP contribution in [-0.2, 0) is 32.6 Å². The zero-order valence-electron chi connectivity index (χ0n) is 11.4. The van der Waals surface area contributed by atoms with Gasteiger partial charge in [-0.25, -0.2) is 13.0 Å². The summed E-state index contributed by atoms with van der Waals surface area (Å²) in [5, 5.41) is 0. The second-order valence-corrected chi connectivity index (χ2v) is 5.92. The molecule has 0 unspecified atom stereocenters. The molecule has 0 saturated carbocycles. The smallest absolute Gasteiger partial charge is 0.310 e. The molecule has 0 aliphatic rings. The third kappa shape index (κ3) is 7.20. The van der Waals surface area contributed by atoms with Gasteiger partial charge < -0.3 is 9.29 Å². The Labute approximate surface area is 119 Å². The third-order valence-electron chi connectivity index (χ3n) is 2.67. The lowest BCUT2D eigenvalue weighted by atomic mass is 10.2. The van der Waals surface area contributed by atoms with E-state index in [1.54, 1.807) is 6.92 Å². The number of aromatic nitrogens is 1. The molecule has 20 heavy (non-hydrogen) atoms. The highest BCUT2D eigenvalue weighted by molar-refractivity contribution is 7.85. The zero-order chi connectivity index (χ0) is 15.0. The first-order valence-corrected chi connectivity index (χ1v) is 8.05. The van der Waals surface area contributed by atoms with Crippen LogP contribution in [0.25, 0.3) is 0 Å². The molecule has 0 saturated heterocycles. The van der Waals surface area contributed by atoms with E-state index in [-0.39, 0.29) is 18.1 Å². The number of carbonyl (C=O) groups is 1.